The summed E-state index contributed by atoms with van der Waals surface area (Å²) in [6, 6.07) is 10.4. The van der Waals surface area contributed by atoms with Gasteiger partial charge < -0.3 is 13.8 Å². The van der Waals surface area contributed by atoms with Crippen LogP contribution in [0, 0.1) is 11.3 Å². The van der Waals surface area contributed by atoms with Crippen LogP contribution in [-0.2, 0) is 9.05 Å². The SMILES string of the molecule is COc1ccc(C2SSC3(CCCC3)C2OPOCCC#N)cc1. The molecule has 1 aromatic rings. The highest BCUT2D eigenvalue weighted by Gasteiger charge is 2.53. The van der Waals surface area contributed by atoms with Crippen molar-refractivity contribution in [2.24, 2.45) is 0 Å². The van der Waals surface area contributed by atoms with Crippen molar-refractivity contribution in [3.8, 4) is 11.8 Å². The van der Waals surface area contributed by atoms with Crippen LogP contribution in [0.5, 0.6) is 5.75 Å². The topological polar surface area (TPSA) is 51.5 Å². The first-order chi connectivity index (χ1) is 11.8. The Kier molecular flexibility index (Phi) is 6.71. The highest BCUT2D eigenvalue weighted by atomic mass is 33.1. The van der Waals surface area contributed by atoms with E-state index in [0.29, 0.717) is 18.3 Å². The second kappa shape index (κ2) is 8.78. The molecule has 7 heteroatoms. The van der Waals surface area contributed by atoms with Gasteiger partial charge in [-0.15, -0.1) is 0 Å². The maximum absolute atomic E-state index is 8.59. The molecule has 3 rings (SSSR count). The first kappa shape index (κ1) is 18.4. The van der Waals surface area contributed by atoms with Gasteiger partial charge in [0.1, 0.15) is 5.75 Å². The lowest BCUT2D eigenvalue weighted by molar-refractivity contribution is 0.153. The zero-order chi connectivity index (χ0) is 16.8. The van der Waals surface area contributed by atoms with E-state index in [1.54, 1.807) is 7.11 Å². The summed E-state index contributed by atoms with van der Waals surface area (Å²) in [6.07, 6.45) is 5.55. The summed E-state index contributed by atoms with van der Waals surface area (Å²) in [7, 11) is 5.62. The molecular formula is C17H22NO3PS2. The van der Waals surface area contributed by atoms with E-state index < -0.39 is 0 Å². The molecule has 1 aliphatic carbocycles. The predicted octanol–water partition coefficient (Wildman–Crippen LogP) is 5.27. The van der Waals surface area contributed by atoms with Crippen LogP contribution in [-0.4, -0.2) is 24.6 Å². The van der Waals surface area contributed by atoms with Crippen LogP contribution in [0.2, 0.25) is 0 Å². The van der Waals surface area contributed by atoms with E-state index in [0.717, 1.165) is 5.75 Å². The summed E-state index contributed by atoms with van der Waals surface area (Å²) in [5.41, 5.74) is 1.28. The molecule has 0 aromatic heterocycles. The van der Waals surface area contributed by atoms with E-state index in [4.69, 9.17) is 19.0 Å². The van der Waals surface area contributed by atoms with Gasteiger partial charge >= 0.3 is 0 Å². The lowest BCUT2D eigenvalue weighted by Crippen LogP contribution is -2.35. The quantitative estimate of drug-likeness (QED) is 0.363. The van der Waals surface area contributed by atoms with Crippen LogP contribution in [0.15, 0.2) is 24.3 Å². The van der Waals surface area contributed by atoms with E-state index in [1.807, 2.05) is 33.7 Å². The van der Waals surface area contributed by atoms with Gasteiger partial charge in [0.05, 0.1) is 42.3 Å². The zero-order valence-corrected chi connectivity index (χ0v) is 16.3. The fourth-order valence-corrected chi connectivity index (χ4v) is 8.29. The van der Waals surface area contributed by atoms with Gasteiger partial charge in [-0.3, -0.25) is 0 Å². The highest BCUT2D eigenvalue weighted by molar-refractivity contribution is 8.77. The Labute approximate surface area is 153 Å². The minimum absolute atomic E-state index is 0.00270. The third-order valence-corrected chi connectivity index (χ3v) is 8.93. The Morgan fingerprint density at radius 2 is 2.04 bits per heavy atom. The number of benzene rings is 1. The number of hydrogen-bond donors (Lipinski definition) is 0. The van der Waals surface area contributed by atoms with Crippen molar-refractivity contribution >= 4 is 30.6 Å². The number of hydrogen-bond acceptors (Lipinski definition) is 6. The van der Waals surface area contributed by atoms with Crippen molar-refractivity contribution in [3.05, 3.63) is 29.8 Å². The van der Waals surface area contributed by atoms with E-state index in [1.165, 1.54) is 31.2 Å². The summed E-state index contributed by atoms with van der Waals surface area (Å²) >= 11 is 0. The molecule has 1 saturated carbocycles. The van der Waals surface area contributed by atoms with Crippen LogP contribution in [0.1, 0.15) is 42.9 Å². The van der Waals surface area contributed by atoms with Crippen LogP contribution in [0.3, 0.4) is 0 Å². The molecule has 1 heterocycles. The Morgan fingerprint density at radius 3 is 2.71 bits per heavy atom. The molecule has 3 unspecified atom stereocenters. The van der Waals surface area contributed by atoms with Crippen molar-refractivity contribution in [1.29, 1.82) is 5.26 Å². The molecule has 2 aliphatic rings. The maximum Gasteiger partial charge on any atom is 0.155 e. The Hall–Kier alpha value is -0.440. The maximum atomic E-state index is 8.59. The molecule has 1 aliphatic heterocycles. The van der Waals surface area contributed by atoms with Gasteiger partial charge in [0, 0.05) is 0 Å². The van der Waals surface area contributed by atoms with Crippen molar-refractivity contribution in [2.45, 2.75) is 48.2 Å². The minimum Gasteiger partial charge on any atom is -0.497 e. The molecule has 0 N–H and O–H groups in total. The van der Waals surface area contributed by atoms with Gasteiger partial charge in [0.25, 0.3) is 0 Å². The molecule has 1 aromatic carbocycles. The number of nitriles is 1. The molecule has 0 amide bonds. The van der Waals surface area contributed by atoms with Crippen LogP contribution < -0.4 is 4.74 Å². The highest BCUT2D eigenvalue weighted by Crippen LogP contribution is 2.65. The first-order valence-corrected chi connectivity index (χ1v) is 11.2. The summed E-state index contributed by atoms with van der Waals surface area (Å²) in [6.45, 7) is 0.447. The van der Waals surface area contributed by atoms with Gasteiger partial charge in [-0.1, -0.05) is 46.6 Å². The second-order valence-electron chi connectivity index (χ2n) is 6.02. The zero-order valence-electron chi connectivity index (χ0n) is 13.7. The molecular weight excluding hydrogens is 361 g/mol. The number of rotatable bonds is 7. The van der Waals surface area contributed by atoms with Crippen LogP contribution in [0.25, 0.3) is 0 Å². The fourth-order valence-electron chi connectivity index (χ4n) is 3.28. The molecule has 1 spiro atoms. The van der Waals surface area contributed by atoms with E-state index >= 15 is 0 Å². The molecule has 1 saturated heterocycles. The average molecular weight is 383 g/mol. The molecule has 4 nitrogen and oxygen atoms in total. The summed E-state index contributed by atoms with van der Waals surface area (Å²) in [4.78, 5) is 0. The lowest BCUT2D eigenvalue weighted by Gasteiger charge is -2.31. The van der Waals surface area contributed by atoms with Crippen LogP contribution >= 0.6 is 30.6 Å². The van der Waals surface area contributed by atoms with Gasteiger partial charge in [0.15, 0.2) is 9.03 Å². The molecule has 3 atom stereocenters. The molecule has 0 bridgehead atoms. The van der Waals surface area contributed by atoms with Crippen molar-refractivity contribution in [3.63, 3.8) is 0 Å². The van der Waals surface area contributed by atoms with Crippen molar-refractivity contribution < 1.29 is 13.8 Å². The number of ether oxygens (including phenoxy) is 1. The molecule has 24 heavy (non-hydrogen) atoms. The first-order valence-electron chi connectivity index (χ1n) is 8.17. The summed E-state index contributed by atoms with van der Waals surface area (Å²) < 4.78 is 17.2. The third kappa shape index (κ3) is 4.03. The standard InChI is InChI=1S/C17H22NO3PS2/c1-19-14-7-5-13(6-8-14)15-16(21-22-20-12-4-11-18)17(24-23-15)9-2-3-10-17/h5-8,15-16,22H,2-4,9-10,12H2,1H3. The molecule has 130 valence electrons. The van der Waals surface area contributed by atoms with Gasteiger partial charge in [-0.25, -0.2) is 0 Å². The largest absolute Gasteiger partial charge is 0.497 e. The Balaban J connectivity index is 1.70. The summed E-state index contributed by atoms with van der Waals surface area (Å²) in [5.74, 6) is 0.879. The average Bonchev–Trinajstić information content (AvgIpc) is 3.23. The third-order valence-electron chi connectivity index (χ3n) is 4.56. The number of nitrogens with zero attached hydrogens (tertiary/aromatic N) is 1. The molecule has 2 fully saturated rings. The van der Waals surface area contributed by atoms with Gasteiger partial charge in [-0.2, -0.15) is 5.26 Å². The van der Waals surface area contributed by atoms with Crippen molar-refractivity contribution in [1.82, 2.24) is 0 Å². The Morgan fingerprint density at radius 1 is 1.29 bits per heavy atom. The van der Waals surface area contributed by atoms with Crippen molar-refractivity contribution in [2.75, 3.05) is 13.7 Å². The molecule has 0 radical (unpaired) electrons. The summed E-state index contributed by atoms with van der Waals surface area (Å²) in [5, 5.41) is 8.90. The van der Waals surface area contributed by atoms with Gasteiger partial charge in [0.2, 0.25) is 0 Å². The van der Waals surface area contributed by atoms with E-state index in [-0.39, 0.29) is 19.9 Å². The van der Waals surface area contributed by atoms with Gasteiger partial charge in [-0.05, 0) is 30.5 Å². The van der Waals surface area contributed by atoms with E-state index in [2.05, 4.69) is 18.2 Å². The Bertz CT molecular complexity index is 572. The number of methoxy groups -OCH3 is 1. The normalized spacial score (nSPS) is 25.5. The minimum atomic E-state index is 0.00270. The fraction of sp³-hybridized carbons (Fsp3) is 0.588. The lowest BCUT2D eigenvalue weighted by atomic mass is 9.93. The van der Waals surface area contributed by atoms with E-state index in [9.17, 15) is 0 Å². The predicted molar refractivity (Wildman–Crippen MR) is 101 cm³/mol. The second-order valence-corrected chi connectivity index (χ2v) is 9.47. The monoisotopic (exact) mass is 383 g/mol. The van der Waals surface area contributed by atoms with Crippen LogP contribution in [0.4, 0.5) is 0 Å². The smallest absolute Gasteiger partial charge is 0.155 e.